The number of rotatable bonds is 6. The first-order valence-electron chi connectivity index (χ1n) is 11.2. The first-order chi connectivity index (χ1) is 15.8. The topological polar surface area (TPSA) is 96.0 Å². The molecule has 1 atom stereocenters. The van der Waals surface area contributed by atoms with Crippen molar-refractivity contribution in [1.82, 2.24) is 4.31 Å². The minimum Gasteiger partial charge on any atom is -0.495 e. The molecule has 0 bridgehead atoms. The lowest BCUT2D eigenvalue weighted by atomic mass is 10.1. The summed E-state index contributed by atoms with van der Waals surface area (Å²) >= 11 is 0. The molecule has 1 unspecified atom stereocenters. The fourth-order valence-corrected chi connectivity index (χ4v) is 5.90. The summed E-state index contributed by atoms with van der Waals surface area (Å²) in [6.45, 7) is 3.07. The number of anilines is 2. The Morgan fingerprint density at radius 3 is 2.55 bits per heavy atom. The number of amides is 2. The SMILES string of the molecule is COc1ccccc1N1CC(C(=O)Nc2cc(S(=O)(=O)N3CCCCC3)ccc2C)CC1=O. The van der Waals surface area contributed by atoms with Crippen molar-refractivity contribution in [3.05, 3.63) is 48.0 Å². The van der Waals surface area contributed by atoms with Crippen LogP contribution in [0.25, 0.3) is 0 Å². The van der Waals surface area contributed by atoms with Gasteiger partial charge in [-0.25, -0.2) is 8.42 Å². The third-order valence-corrected chi connectivity index (χ3v) is 8.19. The number of aryl methyl sites for hydroxylation is 1. The van der Waals surface area contributed by atoms with Crippen molar-refractivity contribution in [3.63, 3.8) is 0 Å². The maximum absolute atomic E-state index is 13.0. The summed E-state index contributed by atoms with van der Waals surface area (Å²) in [6.07, 6.45) is 2.82. The Balaban J connectivity index is 1.51. The molecule has 1 N–H and O–H groups in total. The van der Waals surface area contributed by atoms with E-state index >= 15 is 0 Å². The molecule has 2 fully saturated rings. The first-order valence-corrected chi connectivity index (χ1v) is 12.6. The van der Waals surface area contributed by atoms with Gasteiger partial charge in [-0.3, -0.25) is 9.59 Å². The molecule has 2 aliphatic heterocycles. The van der Waals surface area contributed by atoms with Gasteiger partial charge in [0.25, 0.3) is 0 Å². The Morgan fingerprint density at radius 2 is 1.82 bits per heavy atom. The van der Waals surface area contributed by atoms with Crippen molar-refractivity contribution in [1.29, 1.82) is 0 Å². The molecule has 0 radical (unpaired) electrons. The summed E-state index contributed by atoms with van der Waals surface area (Å²) in [4.78, 5) is 27.4. The Morgan fingerprint density at radius 1 is 1.09 bits per heavy atom. The van der Waals surface area contributed by atoms with Crippen LogP contribution in [0.3, 0.4) is 0 Å². The molecule has 4 rings (SSSR count). The summed E-state index contributed by atoms with van der Waals surface area (Å²) in [6, 6.07) is 12.0. The molecule has 0 saturated carbocycles. The predicted molar refractivity (Wildman–Crippen MR) is 126 cm³/mol. The maximum atomic E-state index is 13.0. The van der Waals surface area contributed by atoms with Crippen LogP contribution in [0.4, 0.5) is 11.4 Å². The van der Waals surface area contributed by atoms with E-state index in [-0.39, 0.29) is 29.7 Å². The number of nitrogens with one attached hydrogen (secondary N) is 1. The normalized spacial score (nSPS) is 19.5. The molecule has 2 heterocycles. The lowest BCUT2D eigenvalue weighted by Crippen LogP contribution is -2.35. The highest BCUT2D eigenvalue weighted by molar-refractivity contribution is 7.89. The quantitative estimate of drug-likeness (QED) is 0.698. The zero-order chi connectivity index (χ0) is 23.6. The lowest BCUT2D eigenvalue weighted by Gasteiger charge is -2.26. The van der Waals surface area contributed by atoms with Crippen LogP contribution in [0.2, 0.25) is 0 Å². The maximum Gasteiger partial charge on any atom is 0.243 e. The Kier molecular flexibility index (Phi) is 6.71. The molecule has 0 spiro atoms. The van der Waals surface area contributed by atoms with Gasteiger partial charge in [-0.15, -0.1) is 0 Å². The number of carbonyl (C=O) groups is 2. The summed E-state index contributed by atoms with van der Waals surface area (Å²) in [5.41, 5.74) is 1.83. The third kappa shape index (κ3) is 4.74. The fraction of sp³-hybridized carbons (Fsp3) is 0.417. The average Bonchev–Trinajstić information content (AvgIpc) is 3.22. The number of methoxy groups -OCH3 is 1. The van der Waals surface area contributed by atoms with E-state index in [0.717, 1.165) is 24.8 Å². The molecule has 2 aromatic carbocycles. The Hall–Kier alpha value is -2.91. The zero-order valence-electron chi connectivity index (χ0n) is 18.9. The van der Waals surface area contributed by atoms with Gasteiger partial charge in [0.15, 0.2) is 0 Å². The van der Waals surface area contributed by atoms with E-state index in [1.807, 2.05) is 19.1 Å². The number of carbonyl (C=O) groups excluding carboxylic acids is 2. The molecular weight excluding hydrogens is 442 g/mol. The number of nitrogens with zero attached hydrogens (tertiary/aromatic N) is 2. The molecule has 8 nitrogen and oxygen atoms in total. The van der Waals surface area contributed by atoms with Crippen LogP contribution in [-0.4, -0.2) is 51.3 Å². The van der Waals surface area contributed by atoms with Crippen molar-refractivity contribution >= 4 is 33.2 Å². The highest BCUT2D eigenvalue weighted by Crippen LogP contribution is 2.33. The molecular formula is C24H29N3O5S. The van der Waals surface area contributed by atoms with Crippen LogP contribution in [0, 0.1) is 12.8 Å². The van der Waals surface area contributed by atoms with Crippen LogP contribution < -0.4 is 15.0 Å². The van der Waals surface area contributed by atoms with Crippen LogP contribution in [0.1, 0.15) is 31.2 Å². The van der Waals surface area contributed by atoms with Gasteiger partial charge < -0.3 is 15.0 Å². The van der Waals surface area contributed by atoms with Gasteiger partial charge in [-0.2, -0.15) is 4.31 Å². The number of sulfonamides is 1. The first kappa shape index (κ1) is 23.3. The van der Waals surface area contributed by atoms with Crippen LogP contribution in [0.5, 0.6) is 5.75 Å². The van der Waals surface area contributed by atoms with Crippen LogP contribution in [-0.2, 0) is 19.6 Å². The van der Waals surface area contributed by atoms with E-state index in [9.17, 15) is 18.0 Å². The highest BCUT2D eigenvalue weighted by Gasteiger charge is 2.36. The van der Waals surface area contributed by atoms with Gasteiger partial charge >= 0.3 is 0 Å². The van der Waals surface area contributed by atoms with Crippen molar-refractivity contribution in [2.75, 3.05) is 37.0 Å². The van der Waals surface area contributed by atoms with Crippen LogP contribution in [0.15, 0.2) is 47.4 Å². The molecule has 0 aliphatic carbocycles. The molecule has 2 amide bonds. The number of hydrogen-bond donors (Lipinski definition) is 1. The minimum atomic E-state index is -3.61. The zero-order valence-corrected chi connectivity index (χ0v) is 19.7. The number of piperidine rings is 1. The monoisotopic (exact) mass is 471 g/mol. The second-order valence-corrected chi connectivity index (χ2v) is 10.4. The number of hydrogen-bond acceptors (Lipinski definition) is 5. The summed E-state index contributed by atoms with van der Waals surface area (Å²) in [5, 5.41) is 2.86. The van der Waals surface area contributed by atoms with Gasteiger partial charge in [0.2, 0.25) is 21.8 Å². The third-order valence-electron chi connectivity index (χ3n) is 6.29. The van der Waals surface area contributed by atoms with Gasteiger partial charge in [-0.1, -0.05) is 24.6 Å². The van der Waals surface area contributed by atoms with E-state index in [4.69, 9.17) is 4.74 Å². The smallest absolute Gasteiger partial charge is 0.243 e. The summed E-state index contributed by atoms with van der Waals surface area (Å²) < 4.78 is 33.0. The van der Waals surface area contributed by atoms with E-state index in [0.29, 0.717) is 30.2 Å². The van der Waals surface area contributed by atoms with Crippen LogP contribution >= 0.6 is 0 Å². The molecule has 2 saturated heterocycles. The molecule has 2 aliphatic rings. The van der Waals surface area contributed by atoms with Gasteiger partial charge in [0, 0.05) is 31.7 Å². The van der Waals surface area contributed by atoms with Crippen molar-refractivity contribution < 1.29 is 22.7 Å². The second kappa shape index (κ2) is 9.52. The molecule has 9 heteroatoms. The number of benzene rings is 2. The fourth-order valence-electron chi connectivity index (χ4n) is 4.35. The molecule has 0 aromatic heterocycles. The number of ether oxygens (including phenoxy) is 1. The highest BCUT2D eigenvalue weighted by atomic mass is 32.2. The molecule has 2 aromatic rings. The molecule has 33 heavy (non-hydrogen) atoms. The lowest BCUT2D eigenvalue weighted by molar-refractivity contribution is -0.122. The standard InChI is InChI=1S/C24H29N3O5S/c1-17-10-11-19(33(30,31)26-12-6-3-7-13-26)15-20(17)25-24(29)18-14-23(28)27(16-18)21-8-4-5-9-22(21)32-2/h4-5,8-11,15,18H,3,6-7,12-14,16H2,1-2H3,(H,25,29). The molecule has 176 valence electrons. The Bertz CT molecular complexity index is 1160. The summed E-state index contributed by atoms with van der Waals surface area (Å²) in [5.74, 6) is -0.447. The summed E-state index contributed by atoms with van der Waals surface area (Å²) in [7, 11) is -2.07. The Labute approximate surface area is 194 Å². The van der Waals surface area contributed by atoms with E-state index < -0.39 is 15.9 Å². The van der Waals surface area contributed by atoms with E-state index in [1.165, 1.54) is 17.5 Å². The second-order valence-electron chi connectivity index (χ2n) is 8.51. The minimum absolute atomic E-state index is 0.0781. The van der Waals surface area contributed by atoms with E-state index in [1.54, 1.807) is 29.2 Å². The average molecular weight is 472 g/mol. The largest absolute Gasteiger partial charge is 0.495 e. The van der Waals surface area contributed by atoms with Gasteiger partial charge in [-0.05, 0) is 49.6 Å². The predicted octanol–water partition coefficient (Wildman–Crippen LogP) is 3.17. The van der Waals surface area contributed by atoms with Crippen molar-refractivity contribution in [2.24, 2.45) is 5.92 Å². The van der Waals surface area contributed by atoms with E-state index in [2.05, 4.69) is 5.32 Å². The van der Waals surface area contributed by atoms with Crippen molar-refractivity contribution in [3.8, 4) is 5.75 Å². The number of para-hydroxylation sites is 2. The van der Waals surface area contributed by atoms with Crippen molar-refractivity contribution in [2.45, 2.75) is 37.5 Å². The van der Waals surface area contributed by atoms with Gasteiger partial charge in [0.1, 0.15) is 5.75 Å². The van der Waals surface area contributed by atoms with Gasteiger partial charge in [0.05, 0.1) is 23.6 Å².